The van der Waals surface area contributed by atoms with Crippen LogP contribution in [0.2, 0.25) is 0 Å². The molecular weight excluding hydrogens is 558 g/mol. The molecule has 7 rings (SSSR count). The van der Waals surface area contributed by atoms with Crippen molar-refractivity contribution < 1.29 is 4.48 Å². The van der Waals surface area contributed by atoms with E-state index in [2.05, 4.69) is 98.7 Å². The largest absolute Gasteiger partial charge is 0.309 e. The van der Waals surface area contributed by atoms with Gasteiger partial charge in [0.25, 0.3) is 0 Å². The van der Waals surface area contributed by atoms with Crippen LogP contribution in [0.5, 0.6) is 0 Å². The highest BCUT2D eigenvalue weighted by Gasteiger charge is 2.77. The van der Waals surface area contributed by atoms with Crippen molar-refractivity contribution in [1.29, 1.82) is 0 Å². The fourth-order valence-electron chi connectivity index (χ4n) is 11.2. The van der Waals surface area contributed by atoms with E-state index in [4.69, 9.17) is 25.9 Å². The summed E-state index contributed by atoms with van der Waals surface area (Å²) in [5.74, 6) is 9.86. The van der Waals surface area contributed by atoms with E-state index in [1.807, 2.05) is 0 Å². The van der Waals surface area contributed by atoms with Gasteiger partial charge in [-0.1, -0.05) is 39.5 Å². The summed E-state index contributed by atoms with van der Waals surface area (Å²) in [6.45, 7) is 24.6. The molecule has 3 N–H and O–H groups in total. The number of hydrazone groups is 1. The van der Waals surface area contributed by atoms with Gasteiger partial charge >= 0.3 is 0 Å². The minimum absolute atomic E-state index is 0.0798. The molecule has 1 aromatic rings. The summed E-state index contributed by atoms with van der Waals surface area (Å²) in [5, 5.41) is 14.3. The number of fused-ring (bicyclic) bond motifs is 2. The van der Waals surface area contributed by atoms with Crippen LogP contribution in [0, 0.1) is 10.8 Å². The predicted octanol–water partition coefficient (Wildman–Crippen LogP) is 6.59. The molecule has 3 saturated heterocycles. The Labute approximate surface area is 273 Å². The lowest BCUT2D eigenvalue weighted by Gasteiger charge is -2.70. The van der Waals surface area contributed by atoms with E-state index in [1.54, 1.807) is 0 Å². The third-order valence-electron chi connectivity index (χ3n) is 13.5. The summed E-state index contributed by atoms with van der Waals surface area (Å²) in [6.07, 6.45) is 13.0. The first-order valence-corrected chi connectivity index (χ1v) is 18.0. The van der Waals surface area contributed by atoms with Gasteiger partial charge in [-0.3, -0.25) is 10.9 Å². The predicted molar refractivity (Wildman–Crippen MR) is 184 cm³/mol. The van der Waals surface area contributed by atoms with Gasteiger partial charge in [-0.2, -0.15) is 15.1 Å². The standard InChI is InChI=1S/C36H64N9/c1-30(2)19-18-24-45(11,12)28(30)41-29-39-26-36(27(38-26)40-29)25(42-44-31(3,4)20-17-21-32(44,5)6)33(7,8)43(37)34(9,10)35(36)22-15-13-14-16-23-35/h28H,13-24,37H2,1-12H3,(H,38,39,40,41)/q+1. The van der Waals surface area contributed by atoms with Crippen LogP contribution in [0.3, 0.4) is 0 Å². The second-order valence-electron chi connectivity index (χ2n) is 18.9. The molecule has 1 saturated carbocycles. The SMILES string of the molecule is CC1(C)CCC[N+](C)(C)C1Nc1nc2nc(n1)C21C(=NN2C(C)(C)CCCC2(C)C)C(C)(C)N(N)C(C)(C)C12CCCCCC2. The third-order valence-corrected chi connectivity index (χ3v) is 13.5. The van der Waals surface area contributed by atoms with Gasteiger partial charge in [0.2, 0.25) is 5.95 Å². The summed E-state index contributed by atoms with van der Waals surface area (Å²) in [6, 6.07) is 0. The fraction of sp³-hybridized carbons (Fsp3) is 0.889. The molecular formula is C36H64N9+. The van der Waals surface area contributed by atoms with Crippen molar-refractivity contribution in [2.45, 2.75) is 174 Å². The van der Waals surface area contributed by atoms with Crippen LogP contribution in [0.15, 0.2) is 5.10 Å². The Morgan fingerprint density at radius 1 is 0.733 bits per heavy atom. The normalized spacial score (nSPS) is 32.6. The lowest BCUT2D eigenvalue weighted by Crippen LogP contribution is -2.83. The molecule has 6 aliphatic rings. The monoisotopic (exact) mass is 623 g/mol. The molecule has 5 aliphatic heterocycles. The zero-order valence-electron chi connectivity index (χ0n) is 30.8. The molecule has 45 heavy (non-hydrogen) atoms. The Balaban J connectivity index is 1.57. The number of rotatable bonds is 3. The lowest BCUT2D eigenvalue weighted by atomic mass is 9.43. The molecule has 1 atom stereocenters. The molecule has 4 fully saturated rings. The molecule has 252 valence electrons. The quantitative estimate of drug-likeness (QED) is 0.290. The van der Waals surface area contributed by atoms with Crippen molar-refractivity contribution in [3.63, 3.8) is 0 Å². The van der Waals surface area contributed by atoms with E-state index in [1.165, 1.54) is 44.9 Å². The Morgan fingerprint density at radius 2 is 1.29 bits per heavy atom. The molecule has 0 radical (unpaired) electrons. The lowest BCUT2D eigenvalue weighted by molar-refractivity contribution is -0.924. The summed E-state index contributed by atoms with van der Waals surface area (Å²) in [5.41, 5.74) is -0.636. The maximum Gasteiger partial charge on any atom is 0.230 e. The summed E-state index contributed by atoms with van der Waals surface area (Å²) in [7, 11) is 4.68. The third kappa shape index (κ3) is 4.48. The van der Waals surface area contributed by atoms with Gasteiger partial charge < -0.3 is 9.80 Å². The van der Waals surface area contributed by atoms with E-state index >= 15 is 0 Å². The molecule has 6 heterocycles. The van der Waals surface area contributed by atoms with Gasteiger partial charge in [0, 0.05) is 16.4 Å². The van der Waals surface area contributed by atoms with Gasteiger partial charge in [0.15, 0.2) is 17.8 Å². The number of hydrogen-bond acceptors (Lipinski definition) is 8. The van der Waals surface area contributed by atoms with Crippen molar-refractivity contribution in [3.05, 3.63) is 11.6 Å². The Kier molecular flexibility index (Phi) is 7.41. The van der Waals surface area contributed by atoms with Crippen LogP contribution in [0.25, 0.3) is 0 Å². The van der Waals surface area contributed by atoms with Crippen LogP contribution in [-0.2, 0) is 5.41 Å². The Bertz CT molecular complexity index is 1290. The number of nitrogens with two attached hydrogens (primary N) is 1. The first-order chi connectivity index (χ1) is 20.7. The number of quaternary nitrogens is 1. The molecule has 1 aromatic heterocycles. The molecule has 9 heteroatoms. The Morgan fingerprint density at radius 3 is 1.82 bits per heavy atom. The summed E-state index contributed by atoms with van der Waals surface area (Å²) >= 11 is 0. The number of aromatic nitrogens is 3. The summed E-state index contributed by atoms with van der Waals surface area (Å²) < 4.78 is 0.909. The first kappa shape index (κ1) is 33.1. The molecule has 0 aromatic carbocycles. The fourth-order valence-corrected chi connectivity index (χ4v) is 11.2. The molecule has 9 nitrogen and oxygen atoms in total. The number of nitrogens with one attached hydrogen (secondary N) is 1. The van der Waals surface area contributed by atoms with E-state index in [0.29, 0.717) is 0 Å². The number of piperidine rings is 3. The second kappa shape index (κ2) is 10.1. The average Bonchev–Trinajstić information content (AvgIpc) is 3.18. The zero-order chi connectivity index (χ0) is 33.1. The Hall–Kier alpha value is -1.84. The van der Waals surface area contributed by atoms with Crippen LogP contribution in [0.4, 0.5) is 5.95 Å². The molecule has 2 bridgehead atoms. The van der Waals surface area contributed by atoms with Crippen molar-refractivity contribution in [2.24, 2.45) is 21.8 Å². The van der Waals surface area contributed by atoms with Gasteiger partial charge in [-0.25, -0.2) is 9.99 Å². The number of likely N-dealkylation sites (tertiary alicyclic amines) is 1. The van der Waals surface area contributed by atoms with Gasteiger partial charge in [0.1, 0.15) is 5.41 Å². The minimum atomic E-state index is -0.582. The van der Waals surface area contributed by atoms with Crippen molar-refractivity contribution in [1.82, 2.24) is 25.0 Å². The highest BCUT2D eigenvalue weighted by molar-refractivity contribution is 6.06. The summed E-state index contributed by atoms with van der Waals surface area (Å²) in [4.78, 5) is 16.0. The maximum atomic E-state index is 7.34. The van der Waals surface area contributed by atoms with E-state index in [0.717, 1.165) is 60.0 Å². The van der Waals surface area contributed by atoms with Crippen LogP contribution in [-0.4, -0.2) is 84.1 Å². The van der Waals surface area contributed by atoms with E-state index in [9.17, 15) is 0 Å². The number of nitrogens with zero attached hydrogens (tertiary/aromatic N) is 7. The van der Waals surface area contributed by atoms with Crippen LogP contribution < -0.4 is 11.2 Å². The van der Waals surface area contributed by atoms with Crippen molar-refractivity contribution in [2.75, 3.05) is 26.0 Å². The average molecular weight is 623 g/mol. The first-order valence-electron chi connectivity index (χ1n) is 18.0. The number of hydrazine groups is 1. The van der Waals surface area contributed by atoms with E-state index < -0.39 is 11.0 Å². The van der Waals surface area contributed by atoms with Gasteiger partial charge in [-0.15, -0.1) is 0 Å². The van der Waals surface area contributed by atoms with Crippen molar-refractivity contribution in [3.8, 4) is 0 Å². The molecule has 1 aliphatic carbocycles. The molecule has 1 unspecified atom stereocenters. The van der Waals surface area contributed by atoms with Crippen LogP contribution >= 0.6 is 0 Å². The highest BCUT2D eigenvalue weighted by atomic mass is 15.6. The zero-order valence-corrected chi connectivity index (χ0v) is 30.8. The minimum Gasteiger partial charge on any atom is -0.309 e. The number of anilines is 1. The van der Waals surface area contributed by atoms with Crippen molar-refractivity contribution >= 4 is 11.7 Å². The maximum absolute atomic E-state index is 7.34. The van der Waals surface area contributed by atoms with Gasteiger partial charge in [-0.05, 0) is 100 Å². The molecule has 0 amide bonds. The van der Waals surface area contributed by atoms with Crippen LogP contribution in [0.1, 0.15) is 152 Å². The second-order valence-corrected chi connectivity index (χ2v) is 18.9. The highest BCUT2D eigenvalue weighted by Crippen LogP contribution is 2.67. The molecule has 2 spiro atoms. The number of hydrogen-bond donors (Lipinski definition) is 2. The smallest absolute Gasteiger partial charge is 0.230 e. The van der Waals surface area contributed by atoms with E-state index in [-0.39, 0.29) is 33.6 Å². The van der Waals surface area contributed by atoms with Gasteiger partial charge in [0.05, 0.1) is 43.0 Å². The topological polar surface area (TPSA) is 95.6 Å².